The summed E-state index contributed by atoms with van der Waals surface area (Å²) in [5.41, 5.74) is 1.79. The first-order valence-corrected chi connectivity index (χ1v) is 10.9. The Hall–Kier alpha value is -2.54. The number of anilines is 1. The van der Waals surface area contributed by atoms with E-state index in [0.717, 1.165) is 24.1 Å². The van der Waals surface area contributed by atoms with Crippen molar-refractivity contribution >= 4 is 21.6 Å². The first-order chi connectivity index (χ1) is 13.4. The van der Waals surface area contributed by atoms with Gasteiger partial charge in [0, 0.05) is 13.1 Å². The highest BCUT2D eigenvalue weighted by Gasteiger charge is 2.28. The van der Waals surface area contributed by atoms with Crippen LogP contribution in [0.2, 0.25) is 0 Å². The number of fused-ring (bicyclic) bond motifs is 1. The quantitative estimate of drug-likeness (QED) is 0.773. The summed E-state index contributed by atoms with van der Waals surface area (Å²) < 4.78 is 33.1. The zero-order valence-electron chi connectivity index (χ0n) is 16.2. The lowest BCUT2D eigenvalue weighted by Crippen LogP contribution is -2.35. The number of hydrogen-bond acceptors (Lipinski definition) is 4. The van der Waals surface area contributed by atoms with Crippen molar-refractivity contribution in [2.24, 2.45) is 5.92 Å². The van der Waals surface area contributed by atoms with Crippen molar-refractivity contribution in [2.45, 2.75) is 31.6 Å². The van der Waals surface area contributed by atoms with Gasteiger partial charge in [-0.15, -0.1) is 0 Å². The number of benzene rings is 2. The van der Waals surface area contributed by atoms with E-state index in [2.05, 4.69) is 5.32 Å². The predicted octanol–water partition coefficient (Wildman–Crippen LogP) is 2.98. The number of para-hydroxylation sites is 1. The van der Waals surface area contributed by atoms with E-state index in [9.17, 15) is 13.2 Å². The maximum atomic E-state index is 13.1. The van der Waals surface area contributed by atoms with E-state index < -0.39 is 10.0 Å². The normalized spacial score (nSPS) is 13.9. The molecule has 2 aromatic carbocycles. The molecule has 0 atom stereocenters. The van der Waals surface area contributed by atoms with E-state index in [1.54, 1.807) is 12.1 Å². The second-order valence-corrected chi connectivity index (χ2v) is 9.13. The summed E-state index contributed by atoms with van der Waals surface area (Å²) in [6, 6.07) is 13.8. The lowest BCUT2D eigenvalue weighted by atomic mass is 10.0. The molecule has 0 spiro atoms. The van der Waals surface area contributed by atoms with Gasteiger partial charge in [0.05, 0.1) is 10.6 Å². The summed E-state index contributed by atoms with van der Waals surface area (Å²) in [7, 11) is -3.64. The first-order valence-electron chi connectivity index (χ1n) is 9.48. The largest absolute Gasteiger partial charge is 0.484 e. The van der Waals surface area contributed by atoms with E-state index in [4.69, 9.17) is 4.74 Å². The minimum absolute atomic E-state index is 0.0989. The Morgan fingerprint density at radius 3 is 2.57 bits per heavy atom. The molecule has 0 saturated carbocycles. The Morgan fingerprint density at radius 1 is 1.14 bits per heavy atom. The molecule has 0 aromatic heterocycles. The number of hydrogen-bond donors (Lipinski definition) is 1. The molecule has 6 nitrogen and oxygen atoms in total. The Kier molecular flexibility index (Phi) is 6.24. The minimum Gasteiger partial charge on any atom is -0.484 e. The summed E-state index contributed by atoms with van der Waals surface area (Å²) in [5.74, 6) is 0.626. The molecule has 1 heterocycles. The molecule has 0 aliphatic carbocycles. The third-order valence-electron chi connectivity index (χ3n) is 4.56. The molecular weight excluding hydrogens is 376 g/mol. The van der Waals surface area contributed by atoms with Gasteiger partial charge in [-0.05, 0) is 54.7 Å². The van der Waals surface area contributed by atoms with Gasteiger partial charge in [0.2, 0.25) is 0 Å². The van der Waals surface area contributed by atoms with Gasteiger partial charge in [-0.25, -0.2) is 8.42 Å². The number of nitrogens with zero attached hydrogens (tertiary/aromatic N) is 1. The molecule has 1 N–H and O–H groups in total. The molecule has 1 aliphatic heterocycles. The topological polar surface area (TPSA) is 75.7 Å². The Labute approximate surface area is 166 Å². The number of ether oxygens (including phenoxy) is 1. The Bertz CT molecular complexity index is 924. The van der Waals surface area contributed by atoms with Crippen LogP contribution in [-0.2, 0) is 21.2 Å². The Balaban J connectivity index is 1.69. The number of nitrogens with one attached hydrogen (secondary N) is 1. The number of amides is 1. The molecule has 3 rings (SSSR count). The maximum absolute atomic E-state index is 13.1. The van der Waals surface area contributed by atoms with E-state index >= 15 is 0 Å². The zero-order valence-corrected chi connectivity index (χ0v) is 17.0. The molecule has 0 bridgehead atoms. The fourth-order valence-corrected chi connectivity index (χ4v) is 4.64. The van der Waals surface area contributed by atoms with Crippen molar-refractivity contribution < 1.29 is 17.9 Å². The van der Waals surface area contributed by atoms with Gasteiger partial charge >= 0.3 is 0 Å². The van der Waals surface area contributed by atoms with E-state index in [0.29, 0.717) is 24.8 Å². The summed E-state index contributed by atoms with van der Waals surface area (Å²) in [5, 5.41) is 2.77. The van der Waals surface area contributed by atoms with Crippen molar-refractivity contribution in [2.75, 3.05) is 24.0 Å². The van der Waals surface area contributed by atoms with Crippen LogP contribution in [-0.4, -0.2) is 34.0 Å². The van der Waals surface area contributed by atoms with Gasteiger partial charge in [-0.1, -0.05) is 32.0 Å². The highest BCUT2D eigenvalue weighted by atomic mass is 32.2. The molecule has 0 fully saturated rings. The van der Waals surface area contributed by atoms with Gasteiger partial charge in [-0.3, -0.25) is 9.10 Å². The van der Waals surface area contributed by atoms with Gasteiger partial charge < -0.3 is 10.1 Å². The third kappa shape index (κ3) is 4.65. The summed E-state index contributed by atoms with van der Waals surface area (Å²) >= 11 is 0. The summed E-state index contributed by atoms with van der Waals surface area (Å²) in [6.07, 6.45) is 1.68. The molecule has 2 aromatic rings. The van der Waals surface area contributed by atoms with Crippen LogP contribution >= 0.6 is 0 Å². The number of aryl methyl sites for hydroxylation is 1. The monoisotopic (exact) mass is 402 g/mol. The molecule has 150 valence electrons. The second kappa shape index (κ2) is 8.65. The van der Waals surface area contributed by atoms with Crippen LogP contribution in [0.5, 0.6) is 5.75 Å². The lowest BCUT2D eigenvalue weighted by molar-refractivity contribution is -0.123. The molecule has 1 amide bonds. The number of carbonyl (C=O) groups is 1. The van der Waals surface area contributed by atoms with Crippen molar-refractivity contribution in [3.8, 4) is 5.75 Å². The maximum Gasteiger partial charge on any atom is 0.264 e. The number of sulfonamides is 1. The summed E-state index contributed by atoms with van der Waals surface area (Å²) in [6.45, 7) is 4.99. The van der Waals surface area contributed by atoms with Crippen LogP contribution in [0.3, 0.4) is 0 Å². The van der Waals surface area contributed by atoms with Crippen LogP contribution in [0.15, 0.2) is 53.4 Å². The van der Waals surface area contributed by atoms with Crippen LogP contribution in [0.25, 0.3) is 0 Å². The van der Waals surface area contributed by atoms with E-state index in [-0.39, 0.29) is 17.4 Å². The average molecular weight is 403 g/mol. The van der Waals surface area contributed by atoms with Gasteiger partial charge in [0.15, 0.2) is 6.61 Å². The highest BCUT2D eigenvalue weighted by Crippen LogP contribution is 2.32. The molecule has 7 heteroatoms. The van der Waals surface area contributed by atoms with Crippen molar-refractivity contribution in [3.63, 3.8) is 0 Å². The smallest absolute Gasteiger partial charge is 0.264 e. The zero-order chi connectivity index (χ0) is 20.1. The highest BCUT2D eigenvalue weighted by molar-refractivity contribution is 7.92. The minimum atomic E-state index is -3.64. The Morgan fingerprint density at radius 2 is 1.86 bits per heavy atom. The molecule has 0 saturated heterocycles. The fraction of sp³-hybridized carbons (Fsp3) is 0.381. The van der Waals surface area contributed by atoms with E-state index in [1.807, 2.05) is 38.1 Å². The SMILES string of the molecule is CC(C)CNC(=O)COc1ccc(S(=O)(=O)N2CCCc3ccccc32)cc1. The van der Waals surface area contributed by atoms with Crippen molar-refractivity contribution in [1.29, 1.82) is 0 Å². The van der Waals surface area contributed by atoms with Crippen molar-refractivity contribution in [3.05, 3.63) is 54.1 Å². The second-order valence-electron chi connectivity index (χ2n) is 7.27. The van der Waals surface area contributed by atoms with Crippen LogP contribution in [0, 0.1) is 5.92 Å². The van der Waals surface area contributed by atoms with E-state index in [1.165, 1.54) is 16.4 Å². The predicted molar refractivity (Wildman–Crippen MR) is 109 cm³/mol. The molecule has 28 heavy (non-hydrogen) atoms. The lowest BCUT2D eigenvalue weighted by Gasteiger charge is -2.30. The van der Waals surface area contributed by atoms with Gasteiger partial charge in [-0.2, -0.15) is 0 Å². The summed E-state index contributed by atoms with van der Waals surface area (Å²) in [4.78, 5) is 11.9. The van der Waals surface area contributed by atoms with Crippen LogP contribution in [0.4, 0.5) is 5.69 Å². The molecular formula is C21H26N2O4S. The third-order valence-corrected chi connectivity index (χ3v) is 6.38. The van der Waals surface area contributed by atoms with Gasteiger partial charge in [0.25, 0.3) is 15.9 Å². The number of carbonyl (C=O) groups excluding carboxylic acids is 1. The molecule has 0 radical (unpaired) electrons. The molecule has 1 aliphatic rings. The van der Waals surface area contributed by atoms with Crippen LogP contribution in [0.1, 0.15) is 25.8 Å². The first kappa shape index (κ1) is 20.2. The average Bonchev–Trinajstić information content (AvgIpc) is 2.70. The van der Waals surface area contributed by atoms with Gasteiger partial charge in [0.1, 0.15) is 5.75 Å². The standard InChI is InChI=1S/C21H26N2O4S/c1-16(2)14-22-21(24)15-27-18-9-11-19(12-10-18)28(25,26)23-13-5-7-17-6-3-4-8-20(17)23/h3-4,6,8-12,16H,5,7,13-15H2,1-2H3,(H,22,24). The fourth-order valence-electron chi connectivity index (χ4n) is 3.10. The molecule has 0 unspecified atom stereocenters. The van der Waals surface area contributed by atoms with Crippen LogP contribution < -0.4 is 14.4 Å². The van der Waals surface area contributed by atoms with Crippen molar-refractivity contribution in [1.82, 2.24) is 5.32 Å². The number of rotatable bonds is 7.